The molecule has 0 aromatic carbocycles. The largest absolute Gasteiger partial charge is 0.369 e. The van der Waals surface area contributed by atoms with Crippen molar-refractivity contribution in [1.82, 2.24) is 9.97 Å². The van der Waals surface area contributed by atoms with E-state index in [9.17, 15) is 0 Å². The van der Waals surface area contributed by atoms with E-state index in [0.29, 0.717) is 5.41 Å². The monoisotopic (exact) mass is 317 g/mol. The van der Waals surface area contributed by atoms with Crippen molar-refractivity contribution in [3.8, 4) is 0 Å². The van der Waals surface area contributed by atoms with E-state index in [4.69, 9.17) is 0 Å². The van der Waals surface area contributed by atoms with Crippen molar-refractivity contribution in [2.75, 3.05) is 11.9 Å². The van der Waals surface area contributed by atoms with E-state index in [-0.39, 0.29) is 0 Å². The smallest absolute Gasteiger partial charge is 0.142 e. The molecule has 0 atom stereocenters. The summed E-state index contributed by atoms with van der Waals surface area (Å²) in [5.74, 6) is 0.971. The van der Waals surface area contributed by atoms with Gasteiger partial charge in [-0.2, -0.15) is 0 Å². The molecule has 1 saturated carbocycles. The first-order valence-corrected chi connectivity index (χ1v) is 6.47. The number of hydrogen-bond donors (Lipinski definition) is 1. The number of anilines is 1. The Balaban J connectivity index is 1.95. The number of hydrogen-bond acceptors (Lipinski definition) is 3. The molecule has 0 saturated heterocycles. The standard InChI is InChI=1S/C11H16IN3/c1-11(4-2-3-5-11)7-14-10-9(12)6-13-8-15-10/h6,8H,2-5,7H2,1H3,(H,13,14,15). The molecule has 3 nitrogen and oxygen atoms in total. The average molecular weight is 317 g/mol. The molecule has 1 aliphatic rings. The Morgan fingerprint density at radius 3 is 2.87 bits per heavy atom. The van der Waals surface area contributed by atoms with Crippen molar-refractivity contribution in [2.24, 2.45) is 5.41 Å². The summed E-state index contributed by atoms with van der Waals surface area (Å²) in [4.78, 5) is 8.22. The van der Waals surface area contributed by atoms with Crippen LogP contribution in [0.25, 0.3) is 0 Å². The lowest BCUT2D eigenvalue weighted by atomic mass is 9.89. The first kappa shape index (κ1) is 11.1. The van der Waals surface area contributed by atoms with Crippen molar-refractivity contribution < 1.29 is 0 Å². The van der Waals surface area contributed by atoms with E-state index >= 15 is 0 Å². The zero-order chi connectivity index (χ0) is 10.7. The van der Waals surface area contributed by atoms with Crippen LogP contribution in [0.3, 0.4) is 0 Å². The van der Waals surface area contributed by atoms with Gasteiger partial charge in [0.25, 0.3) is 0 Å². The SMILES string of the molecule is CC1(CNc2ncncc2I)CCCC1. The highest BCUT2D eigenvalue weighted by Crippen LogP contribution is 2.37. The van der Waals surface area contributed by atoms with E-state index < -0.39 is 0 Å². The van der Waals surface area contributed by atoms with Gasteiger partial charge >= 0.3 is 0 Å². The number of nitrogens with one attached hydrogen (secondary N) is 1. The highest BCUT2D eigenvalue weighted by Gasteiger charge is 2.28. The molecule has 15 heavy (non-hydrogen) atoms. The van der Waals surface area contributed by atoms with Crippen LogP contribution in [0.1, 0.15) is 32.6 Å². The van der Waals surface area contributed by atoms with Gasteiger partial charge in [-0.3, -0.25) is 0 Å². The summed E-state index contributed by atoms with van der Waals surface area (Å²) in [6.45, 7) is 3.39. The van der Waals surface area contributed by atoms with E-state index in [0.717, 1.165) is 15.9 Å². The minimum Gasteiger partial charge on any atom is -0.369 e. The first-order chi connectivity index (χ1) is 7.20. The normalized spacial score (nSPS) is 19.1. The van der Waals surface area contributed by atoms with Gasteiger partial charge in [0, 0.05) is 12.7 Å². The van der Waals surface area contributed by atoms with Crippen molar-refractivity contribution in [3.63, 3.8) is 0 Å². The van der Waals surface area contributed by atoms with Gasteiger partial charge in [-0.1, -0.05) is 19.8 Å². The molecule has 0 radical (unpaired) electrons. The van der Waals surface area contributed by atoms with Gasteiger partial charge in [0.2, 0.25) is 0 Å². The Hall–Kier alpha value is -0.390. The maximum absolute atomic E-state index is 4.24. The average Bonchev–Trinajstić information content (AvgIpc) is 2.65. The fraction of sp³-hybridized carbons (Fsp3) is 0.636. The summed E-state index contributed by atoms with van der Waals surface area (Å²) in [5, 5.41) is 3.44. The molecule has 0 unspecified atom stereocenters. The zero-order valence-corrected chi connectivity index (χ0v) is 11.1. The predicted octanol–water partition coefficient (Wildman–Crippen LogP) is 3.07. The lowest BCUT2D eigenvalue weighted by molar-refractivity contribution is 0.361. The molecule has 1 aromatic rings. The maximum atomic E-state index is 4.24. The molecule has 1 aromatic heterocycles. The number of rotatable bonds is 3. The highest BCUT2D eigenvalue weighted by atomic mass is 127. The third kappa shape index (κ3) is 2.80. The molecular weight excluding hydrogens is 301 g/mol. The van der Waals surface area contributed by atoms with Crippen molar-refractivity contribution in [1.29, 1.82) is 0 Å². The van der Waals surface area contributed by atoms with E-state index in [1.807, 2.05) is 6.20 Å². The Bertz CT molecular complexity index is 334. The van der Waals surface area contributed by atoms with Crippen LogP contribution in [0.5, 0.6) is 0 Å². The Labute approximate surface area is 104 Å². The Kier molecular flexibility index (Phi) is 3.43. The minimum absolute atomic E-state index is 0.466. The molecule has 1 fully saturated rings. The van der Waals surface area contributed by atoms with Crippen molar-refractivity contribution in [3.05, 3.63) is 16.1 Å². The second-order valence-electron chi connectivity index (χ2n) is 4.59. The van der Waals surface area contributed by atoms with E-state index in [1.165, 1.54) is 25.7 Å². The summed E-state index contributed by atoms with van der Waals surface area (Å²) >= 11 is 2.26. The van der Waals surface area contributed by atoms with Crippen molar-refractivity contribution >= 4 is 28.4 Å². The molecule has 0 spiro atoms. The summed E-state index contributed by atoms with van der Waals surface area (Å²) in [6, 6.07) is 0. The third-order valence-electron chi connectivity index (χ3n) is 3.16. The maximum Gasteiger partial charge on any atom is 0.142 e. The van der Waals surface area contributed by atoms with Crippen LogP contribution < -0.4 is 5.32 Å². The zero-order valence-electron chi connectivity index (χ0n) is 8.96. The third-order valence-corrected chi connectivity index (χ3v) is 3.95. The van der Waals surface area contributed by atoms with Gasteiger partial charge in [-0.25, -0.2) is 9.97 Å². The van der Waals surface area contributed by atoms with Crippen LogP contribution in [0.15, 0.2) is 12.5 Å². The van der Waals surface area contributed by atoms with Crippen LogP contribution in [0.4, 0.5) is 5.82 Å². The molecule has 4 heteroatoms. The molecule has 0 aliphatic heterocycles. The number of halogens is 1. The topological polar surface area (TPSA) is 37.8 Å². The Morgan fingerprint density at radius 2 is 2.20 bits per heavy atom. The van der Waals surface area contributed by atoms with Gasteiger partial charge < -0.3 is 5.32 Å². The van der Waals surface area contributed by atoms with Crippen LogP contribution in [0, 0.1) is 8.99 Å². The Morgan fingerprint density at radius 1 is 1.47 bits per heavy atom. The fourth-order valence-electron chi connectivity index (χ4n) is 2.15. The second kappa shape index (κ2) is 4.63. The number of nitrogens with zero attached hydrogens (tertiary/aromatic N) is 2. The quantitative estimate of drug-likeness (QED) is 0.871. The van der Waals surface area contributed by atoms with Crippen LogP contribution in [-0.2, 0) is 0 Å². The number of aromatic nitrogens is 2. The summed E-state index contributed by atoms with van der Waals surface area (Å²) < 4.78 is 1.09. The molecule has 1 N–H and O–H groups in total. The van der Waals surface area contributed by atoms with E-state index in [1.54, 1.807) is 6.33 Å². The van der Waals surface area contributed by atoms with Gasteiger partial charge in [0.15, 0.2) is 0 Å². The van der Waals surface area contributed by atoms with E-state index in [2.05, 4.69) is 44.8 Å². The van der Waals surface area contributed by atoms with Gasteiger partial charge in [-0.15, -0.1) is 0 Å². The van der Waals surface area contributed by atoms with Crippen LogP contribution in [0.2, 0.25) is 0 Å². The predicted molar refractivity (Wildman–Crippen MR) is 69.8 cm³/mol. The molecule has 82 valence electrons. The molecule has 0 amide bonds. The molecular formula is C11H16IN3. The summed E-state index contributed by atoms with van der Waals surface area (Å²) in [7, 11) is 0. The van der Waals surface area contributed by atoms with Crippen LogP contribution >= 0.6 is 22.6 Å². The lowest BCUT2D eigenvalue weighted by Gasteiger charge is -2.24. The fourth-order valence-corrected chi connectivity index (χ4v) is 2.64. The van der Waals surface area contributed by atoms with Gasteiger partial charge in [0.05, 0.1) is 3.57 Å². The molecule has 1 aliphatic carbocycles. The molecule has 0 bridgehead atoms. The second-order valence-corrected chi connectivity index (χ2v) is 5.75. The van der Waals surface area contributed by atoms with Gasteiger partial charge in [0.1, 0.15) is 12.1 Å². The van der Waals surface area contributed by atoms with Crippen molar-refractivity contribution in [2.45, 2.75) is 32.6 Å². The minimum atomic E-state index is 0.466. The molecule has 1 heterocycles. The summed E-state index contributed by atoms with van der Waals surface area (Å²) in [6.07, 6.45) is 8.86. The first-order valence-electron chi connectivity index (χ1n) is 5.39. The lowest BCUT2D eigenvalue weighted by Crippen LogP contribution is -2.23. The molecule has 2 rings (SSSR count). The highest BCUT2D eigenvalue weighted by molar-refractivity contribution is 14.1. The van der Waals surface area contributed by atoms with Gasteiger partial charge in [-0.05, 0) is 40.8 Å². The van der Waals surface area contributed by atoms with Crippen LogP contribution in [-0.4, -0.2) is 16.5 Å². The summed E-state index contributed by atoms with van der Waals surface area (Å²) in [5.41, 5.74) is 0.466.